The zero-order chi connectivity index (χ0) is 25.2. The van der Waals surface area contributed by atoms with Gasteiger partial charge in [0.1, 0.15) is 5.75 Å². The molecule has 3 aromatic carbocycles. The van der Waals surface area contributed by atoms with Crippen molar-refractivity contribution in [1.82, 2.24) is 4.72 Å². The molecule has 10 nitrogen and oxygen atoms in total. The number of amides is 1. The maximum atomic E-state index is 13.0. The highest BCUT2D eigenvalue weighted by molar-refractivity contribution is 7.89. The molecular weight excluding hydrogens is 474 g/mol. The third-order valence-corrected chi connectivity index (χ3v) is 7.26. The van der Waals surface area contributed by atoms with E-state index in [4.69, 9.17) is 4.74 Å². The molecule has 0 saturated carbocycles. The SMILES string of the molecule is COc1cccc(C(=O)Nc2ccc3c(c2)[C@@H](NS(=O)(=O)c2ccc([N+](=O)[O-])cc2)[C@H](O)CC3)c1. The van der Waals surface area contributed by atoms with Crippen molar-refractivity contribution in [2.75, 3.05) is 12.4 Å². The average molecular weight is 498 g/mol. The number of benzene rings is 3. The van der Waals surface area contributed by atoms with Crippen LogP contribution in [0.15, 0.2) is 71.6 Å². The lowest BCUT2D eigenvalue weighted by molar-refractivity contribution is -0.384. The number of ether oxygens (including phenoxy) is 1. The van der Waals surface area contributed by atoms with Crippen LogP contribution in [0.2, 0.25) is 0 Å². The molecule has 3 aromatic rings. The van der Waals surface area contributed by atoms with Crippen molar-refractivity contribution < 1.29 is 28.0 Å². The van der Waals surface area contributed by atoms with Gasteiger partial charge in [-0.1, -0.05) is 12.1 Å². The van der Waals surface area contributed by atoms with E-state index in [2.05, 4.69) is 10.0 Å². The van der Waals surface area contributed by atoms with Crippen molar-refractivity contribution in [3.8, 4) is 5.75 Å². The largest absolute Gasteiger partial charge is 0.497 e. The van der Waals surface area contributed by atoms with E-state index in [-0.39, 0.29) is 16.5 Å². The fourth-order valence-electron chi connectivity index (χ4n) is 3.96. The van der Waals surface area contributed by atoms with Gasteiger partial charge in [-0.2, -0.15) is 0 Å². The third kappa shape index (κ3) is 5.32. The molecule has 0 unspecified atom stereocenters. The summed E-state index contributed by atoms with van der Waals surface area (Å²) in [5, 5.41) is 24.3. The molecule has 0 fully saturated rings. The van der Waals surface area contributed by atoms with Crippen molar-refractivity contribution in [1.29, 1.82) is 0 Å². The number of fused-ring (bicyclic) bond motifs is 1. The minimum absolute atomic E-state index is 0.162. The monoisotopic (exact) mass is 497 g/mol. The topological polar surface area (TPSA) is 148 Å². The number of non-ortho nitro benzene ring substituents is 1. The Kier molecular flexibility index (Phi) is 6.83. The second-order valence-electron chi connectivity index (χ2n) is 8.06. The third-order valence-electron chi connectivity index (χ3n) is 5.80. The summed E-state index contributed by atoms with van der Waals surface area (Å²) < 4.78 is 33.6. The van der Waals surface area contributed by atoms with Gasteiger partial charge in [-0.15, -0.1) is 0 Å². The second-order valence-corrected chi connectivity index (χ2v) is 9.77. The predicted molar refractivity (Wildman–Crippen MR) is 128 cm³/mol. The summed E-state index contributed by atoms with van der Waals surface area (Å²) in [4.78, 5) is 22.8. The standard InChI is InChI=1S/C24H23N3O7S/c1-34-19-4-2-3-16(13-19)24(29)25-17-7-5-15-6-12-22(28)23(21(15)14-17)26-35(32,33)20-10-8-18(9-11-20)27(30)31/h2-5,7-11,13-14,22-23,26,28H,6,12H2,1H3,(H,25,29)/t22-,23-/m1/s1. The molecule has 4 rings (SSSR count). The first-order valence-electron chi connectivity index (χ1n) is 10.7. The van der Waals surface area contributed by atoms with Crippen LogP contribution < -0.4 is 14.8 Å². The van der Waals surface area contributed by atoms with Gasteiger partial charge in [-0.05, 0) is 66.4 Å². The first kappa shape index (κ1) is 24.3. The highest BCUT2D eigenvalue weighted by Gasteiger charge is 2.32. The number of nitro benzene ring substituents is 1. The highest BCUT2D eigenvalue weighted by atomic mass is 32.2. The summed E-state index contributed by atoms with van der Waals surface area (Å²) in [6.07, 6.45) is -0.119. The summed E-state index contributed by atoms with van der Waals surface area (Å²) in [5.74, 6) is 0.162. The number of aryl methyl sites for hydroxylation is 1. The van der Waals surface area contributed by atoms with Gasteiger partial charge in [0, 0.05) is 23.4 Å². The lowest BCUT2D eigenvalue weighted by Crippen LogP contribution is -2.39. The van der Waals surface area contributed by atoms with Gasteiger partial charge < -0.3 is 15.2 Å². The molecule has 35 heavy (non-hydrogen) atoms. The number of carbonyl (C=O) groups excluding carboxylic acids is 1. The van der Waals surface area contributed by atoms with Crippen LogP contribution >= 0.6 is 0 Å². The Bertz CT molecular complexity index is 1370. The van der Waals surface area contributed by atoms with Gasteiger partial charge in [0.15, 0.2) is 0 Å². The van der Waals surface area contributed by atoms with E-state index >= 15 is 0 Å². The van der Waals surface area contributed by atoms with Crippen LogP contribution in [0, 0.1) is 10.1 Å². The number of methoxy groups -OCH3 is 1. The summed E-state index contributed by atoms with van der Waals surface area (Å²) >= 11 is 0. The smallest absolute Gasteiger partial charge is 0.269 e. The van der Waals surface area contributed by atoms with Crippen LogP contribution in [0.5, 0.6) is 5.75 Å². The van der Waals surface area contributed by atoms with Gasteiger partial charge in [0.2, 0.25) is 10.0 Å². The van der Waals surface area contributed by atoms with Gasteiger partial charge in [-0.3, -0.25) is 14.9 Å². The van der Waals surface area contributed by atoms with E-state index in [0.717, 1.165) is 29.8 Å². The average Bonchev–Trinajstić information content (AvgIpc) is 2.86. The summed E-state index contributed by atoms with van der Waals surface area (Å²) in [6.45, 7) is 0. The lowest BCUT2D eigenvalue weighted by Gasteiger charge is -2.31. The number of nitro groups is 1. The van der Waals surface area contributed by atoms with Crippen molar-refractivity contribution in [3.63, 3.8) is 0 Å². The van der Waals surface area contributed by atoms with Crippen molar-refractivity contribution >= 4 is 27.3 Å². The molecule has 182 valence electrons. The van der Waals surface area contributed by atoms with Crippen LogP contribution in [0.25, 0.3) is 0 Å². The summed E-state index contributed by atoms with van der Waals surface area (Å²) in [5.41, 5.74) is 1.97. The van der Waals surface area contributed by atoms with Gasteiger partial charge in [0.05, 0.1) is 29.1 Å². The van der Waals surface area contributed by atoms with Crippen molar-refractivity contribution in [3.05, 3.63) is 93.5 Å². The first-order valence-corrected chi connectivity index (χ1v) is 12.2. The Balaban J connectivity index is 1.59. The van der Waals surface area contributed by atoms with Crippen LogP contribution in [-0.4, -0.2) is 37.6 Å². The molecule has 1 aliphatic rings. The Hall–Kier alpha value is -3.80. The molecule has 0 saturated heterocycles. The maximum absolute atomic E-state index is 13.0. The Labute approximate surface area is 201 Å². The minimum Gasteiger partial charge on any atom is -0.497 e. The number of sulfonamides is 1. The molecule has 0 bridgehead atoms. The van der Waals surface area contributed by atoms with E-state index in [9.17, 15) is 28.4 Å². The van der Waals surface area contributed by atoms with Crippen LogP contribution in [0.4, 0.5) is 11.4 Å². The zero-order valence-corrected chi connectivity index (χ0v) is 19.5. The Morgan fingerprint density at radius 3 is 2.54 bits per heavy atom. The number of carbonyl (C=O) groups is 1. The van der Waals surface area contributed by atoms with Crippen molar-refractivity contribution in [2.24, 2.45) is 0 Å². The van der Waals surface area contributed by atoms with Crippen LogP contribution in [0.3, 0.4) is 0 Å². The second kappa shape index (κ2) is 9.82. The Morgan fingerprint density at radius 1 is 1.11 bits per heavy atom. The molecule has 1 amide bonds. The molecule has 3 N–H and O–H groups in total. The number of nitrogens with zero attached hydrogens (tertiary/aromatic N) is 1. The van der Waals surface area contributed by atoms with E-state index < -0.39 is 27.1 Å². The maximum Gasteiger partial charge on any atom is 0.269 e. The number of aliphatic hydroxyl groups excluding tert-OH is 1. The molecule has 1 aliphatic carbocycles. The zero-order valence-electron chi connectivity index (χ0n) is 18.7. The summed E-state index contributed by atoms with van der Waals surface area (Å²) in [7, 11) is -2.59. The Morgan fingerprint density at radius 2 is 1.86 bits per heavy atom. The molecule has 11 heteroatoms. The number of hydrogen-bond donors (Lipinski definition) is 3. The van der Waals surface area contributed by atoms with E-state index in [1.807, 2.05) is 0 Å². The predicted octanol–water partition coefficient (Wildman–Crippen LogP) is 3.18. The fourth-order valence-corrected chi connectivity index (χ4v) is 5.21. The fraction of sp³-hybridized carbons (Fsp3) is 0.208. The highest BCUT2D eigenvalue weighted by Crippen LogP contribution is 2.33. The quantitative estimate of drug-likeness (QED) is 0.335. The number of nitrogens with one attached hydrogen (secondary N) is 2. The molecule has 0 aliphatic heterocycles. The van der Waals surface area contributed by atoms with E-state index in [0.29, 0.717) is 35.4 Å². The van der Waals surface area contributed by atoms with E-state index in [1.165, 1.54) is 7.11 Å². The van der Waals surface area contributed by atoms with Gasteiger partial charge in [-0.25, -0.2) is 13.1 Å². The first-order chi connectivity index (χ1) is 16.7. The number of rotatable bonds is 7. The molecule has 0 heterocycles. The minimum atomic E-state index is -4.10. The number of anilines is 1. The number of aliphatic hydroxyl groups is 1. The normalized spacial score (nSPS) is 17.3. The molecule has 0 radical (unpaired) electrons. The van der Waals surface area contributed by atoms with Crippen LogP contribution in [0.1, 0.15) is 33.9 Å². The van der Waals surface area contributed by atoms with Crippen LogP contribution in [-0.2, 0) is 16.4 Å². The molecule has 0 spiro atoms. The number of hydrogen-bond acceptors (Lipinski definition) is 7. The lowest BCUT2D eigenvalue weighted by atomic mass is 9.86. The van der Waals surface area contributed by atoms with Gasteiger partial charge >= 0.3 is 0 Å². The molecule has 2 atom stereocenters. The summed E-state index contributed by atoms with van der Waals surface area (Å²) in [6, 6.07) is 15.3. The van der Waals surface area contributed by atoms with E-state index in [1.54, 1.807) is 42.5 Å². The van der Waals surface area contributed by atoms with Crippen molar-refractivity contribution in [2.45, 2.75) is 29.9 Å². The van der Waals surface area contributed by atoms with Gasteiger partial charge in [0.25, 0.3) is 11.6 Å². The molecular formula is C24H23N3O7S. The molecule has 0 aromatic heterocycles.